The minimum Gasteiger partial charge on any atom is -0.457 e. The van der Waals surface area contributed by atoms with Gasteiger partial charge in [-0.3, -0.25) is 4.79 Å². The average Bonchev–Trinajstić information content (AvgIpc) is 2.52. The van der Waals surface area contributed by atoms with Crippen molar-refractivity contribution in [2.45, 2.75) is 32.8 Å². The normalized spacial score (nSPS) is 19.5. The molecule has 1 rings (SSSR count). The Hall–Kier alpha value is -0.620. The van der Waals surface area contributed by atoms with Crippen LogP contribution < -0.4 is 0 Å². The molecule has 6 heteroatoms. The fourth-order valence-corrected chi connectivity index (χ4v) is 2.73. The van der Waals surface area contributed by atoms with Gasteiger partial charge in [0.1, 0.15) is 6.10 Å². The zero-order valence-electron chi connectivity index (χ0n) is 9.46. The molecule has 0 radical (unpaired) electrons. The van der Waals surface area contributed by atoms with Crippen LogP contribution in [0.25, 0.3) is 0 Å². The lowest BCUT2D eigenvalue weighted by molar-refractivity contribution is -0.146. The molecular weight excluding hydrogens is 356 g/mol. The summed E-state index contributed by atoms with van der Waals surface area (Å²) in [7, 11) is 0. The van der Waals surface area contributed by atoms with Gasteiger partial charge in [0.15, 0.2) is 5.76 Å². The van der Waals surface area contributed by atoms with Gasteiger partial charge in [0.2, 0.25) is 0 Å². The monoisotopic (exact) mass is 366 g/mol. The molecule has 0 aromatic rings. The van der Waals surface area contributed by atoms with Gasteiger partial charge in [-0.25, -0.2) is 4.79 Å². The van der Waals surface area contributed by atoms with E-state index in [9.17, 15) is 9.59 Å². The van der Waals surface area contributed by atoms with Crippen LogP contribution in [-0.2, 0) is 19.1 Å². The van der Waals surface area contributed by atoms with Gasteiger partial charge in [-0.15, -0.1) is 0 Å². The van der Waals surface area contributed by atoms with Crippen LogP contribution in [0.4, 0.5) is 0 Å². The van der Waals surface area contributed by atoms with Gasteiger partial charge in [0.05, 0.1) is 10.1 Å². The summed E-state index contributed by atoms with van der Waals surface area (Å²) in [5, 5.41) is 0. The van der Waals surface area contributed by atoms with E-state index in [-0.39, 0.29) is 0 Å². The topological polar surface area (TPSA) is 52.6 Å². The highest BCUT2D eigenvalue weighted by atomic mass is 79.9. The number of halogens is 2. The molecule has 0 unspecified atom stereocenters. The van der Waals surface area contributed by atoms with Crippen molar-refractivity contribution >= 4 is 43.8 Å². The summed E-state index contributed by atoms with van der Waals surface area (Å²) in [4.78, 5) is 24.2. The quantitative estimate of drug-likeness (QED) is 0.716. The third kappa shape index (κ3) is 3.42. The largest absolute Gasteiger partial charge is 0.457 e. The number of ether oxygens (including phenoxy) is 2. The number of cyclic esters (lactones) is 1. The molecule has 17 heavy (non-hydrogen) atoms. The molecule has 0 amide bonds. The minimum absolute atomic E-state index is 0.354. The lowest BCUT2D eigenvalue weighted by Crippen LogP contribution is -2.22. The van der Waals surface area contributed by atoms with E-state index >= 15 is 0 Å². The van der Waals surface area contributed by atoms with E-state index in [1.54, 1.807) is 0 Å². The van der Waals surface area contributed by atoms with Crippen LogP contribution in [0.1, 0.15) is 26.7 Å². The Morgan fingerprint density at radius 3 is 2.65 bits per heavy atom. The Morgan fingerprint density at radius 2 is 2.24 bits per heavy atom. The standard InChI is InChI=1S/C11H12Br2O4/c1-3-4-7(16-6(2)14)9-10(13)8(5-12)17-11(9)15/h5,7H,3-4H2,1-2H3/t7-/m1/s1. The van der Waals surface area contributed by atoms with E-state index in [0.717, 1.165) is 6.42 Å². The fourth-order valence-electron chi connectivity index (χ4n) is 1.49. The van der Waals surface area contributed by atoms with Crippen molar-refractivity contribution in [1.82, 2.24) is 0 Å². The van der Waals surface area contributed by atoms with Crippen LogP contribution >= 0.6 is 31.9 Å². The molecule has 0 aliphatic carbocycles. The Labute approximate surface area is 116 Å². The summed E-state index contributed by atoms with van der Waals surface area (Å²) in [6.45, 7) is 3.27. The van der Waals surface area contributed by atoms with E-state index in [2.05, 4.69) is 31.9 Å². The maximum absolute atomic E-state index is 11.7. The van der Waals surface area contributed by atoms with Gasteiger partial charge < -0.3 is 9.47 Å². The predicted molar refractivity (Wildman–Crippen MR) is 69.5 cm³/mol. The number of hydrogen-bond acceptors (Lipinski definition) is 4. The molecule has 0 bridgehead atoms. The third-order valence-corrected chi connectivity index (χ3v) is 3.39. The number of esters is 2. The molecule has 1 atom stereocenters. The van der Waals surface area contributed by atoms with Crippen LogP contribution in [0.5, 0.6) is 0 Å². The second kappa shape index (κ2) is 6.35. The second-order valence-electron chi connectivity index (χ2n) is 3.48. The van der Waals surface area contributed by atoms with E-state index in [1.807, 2.05) is 6.92 Å². The zero-order valence-corrected chi connectivity index (χ0v) is 12.6. The molecule has 0 saturated heterocycles. The van der Waals surface area contributed by atoms with Gasteiger partial charge in [0, 0.05) is 11.9 Å². The van der Waals surface area contributed by atoms with E-state index < -0.39 is 18.0 Å². The van der Waals surface area contributed by atoms with E-state index in [4.69, 9.17) is 9.47 Å². The number of carbonyl (C=O) groups excluding carboxylic acids is 2. The third-order valence-electron chi connectivity index (χ3n) is 2.16. The molecule has 94 valence electrons. The molecule has 0 spiro atoms. The predicted octanol–water partition coefficient (Wildman–Crippen LogP) is 3.16. The SMILES string of the molecule is CCC[C@@H](OC(C)=O)C1=C(Br)C(=CBr)OC1=O. The summed E-state index contributed by atoms with van der Waals surface area (Å²) in [5.74, 6) is -0.513. The number of allylic oxidation sites excluding steroid dienone is 1. The number of hydrogen-bond donors (Lipinski definition) is 0. The molecule has 0 aromatic carbocycles. The summed E-state index contributed by atoms with van der Waals surface area (Å²) in [6.07, 6.45) is 0.807. The first-order valence-electron chi connectivity index (χ1n) is 5.11. The summed E-state index contributed by atoms with van der Waals surface area (Å²) in [6, 6.07) is 0. The zero-order chi connectivity index (χ0) is 13.0. The maximum atomic E-state index is 11.7. The van der Waals surface area contributed by atoms with Crippen LogP contribution in [0.3, 0.4) is 0 Å². The lowest BCUT2D eigenvalue weighted by atomic mass is 10.1. The first-order chi connectivity index (χ1) is 8.01. The van der Waals surface area contributed by atoms with Crippen LogP contribution in [0, 0.1) is 0 Å². The molecule has 4 nitrogen and oxygen atoms in total. The molecule has 0 N–H and O–H groups in total. The maximum Gasteiger partial charge on any atom is 0.344 e. The van der Waals surface area contributed by atoms with Crippen molar-refractivity contribution in [2.75, 3.05) is 0 Å². The molecule has 1 aliphatic rings. The highest BCUT2D eigenvalue weighted by Gasteiger charge is 2.35. The highest BCUT2D eigenvalue weighted by molar-refractivity contribution is 9.12. The molecule has 1 heterocycles. The van der Waals surface area contributed by atoms with Gasteiger partial charge in [-0.05, 0) is 22.4 Å². The van der Waals surface area contributed by atoms with E-state index in [1.165, 1.54) is 11.9 Å². The van der Waals surface area contributed by atoms with Gasteiger partial charge in [-0.2, -0.15) is 0 Å². The van der Waals surface area contributed by atoms with E-state index in [0.29, 0.717) is 22.2 Å². The minimum atomic E-state index is -0.565. The van der Waals surface area contributed by atoms with Crippen LogP contribution in [0.15, 0.2) is 20.8 Å². The molecule has 0 fully saturated rings. The Balaban J connectivity index is 3.04. The first-order valence-corrected chi connectivity index (χ1v) is 6.81. The van der Waals surface area contributed by atoms with Gasteiger partial charge in [-0.1, -0.05) is 29.3 Å². The van der Waals surface area contributed by atoms with Gasteiger partial charge >= 0.3 is 11.9 Å². The number of rotatable bonds is 4. The molecule has 0 saturated carbocycles. The Bertz CT molecular complexity index is 398. The van der Waals surface area contributed by atoms with Crippen molar-refractivity contribution in [2.24, 2.45) is 0 Å². The Morgan fingerprint density at radius 1 is 1.59 bits per heavy atom. The summed E-state index contributed by atoms with van der Waals surface area (Å²) >= 11 is 6.38. The molecule has 1 aliphatic heterocycles. The Kier molecular flexibility index (Phi) is 5.39. The van der Waals surface area contributed by atoms with Crippen LogP contribution in [0.2, 0.25) is 0 Å². The van der Waals surface area contributed by atoms with Crippen molar-refractivity contribution in [3.05, 3.63) is 20.8 Å². The van der Waals surface area contributed by atoms with Crippen LogP contribution in [-0.4, -0.2) is 18.0 Å². The van der Waals surface area contributed by atoms with Crippen molar-refractivity contribution in [3.8, 4) is 0 Å². The molecule has 0 aromatic heterocycles. The average molecular weight is 368 g/mol. The van der Waals surface area contributed by atoms with Crippen molar-refractivity contribution < 1.29 is 19.1 Å². The first kappa shape index (κ1) is 14.4. The summed E-state index contributed by atoms with van der Waals surface area (Å²) < 4.78 is 10.7. The van der Waals surface area contributed by atoms with Crippen molar-refractivity contribution in [1.29, 1.82) is 0 Å². The number of carbonyl (C=O) groups is 2. The second-order valence-corrected chi connectivity index (χ2v) is 4.73. The van der Waals surface area contributed by atoms with Gasteiger partial charge in [0.25, 0.3) is 0 Å². The lowest BCUT2D eigenvalue weighted by Gasteiger charge is -2.15. The summed E-state index contributed by atoms with van der Waals surface area (Å²) in [5.41, 5.74) is 0.354. The fraction of sp³-hybridized carbons (Fsp3) is 0.455. The smallest absolute Gasteiger partial charge is 0.344 e. The van der Waals surface area contributed by atoms with Crippen molar-refractivity contribution in [3.63, 3.8) is 0 Å². The molecular formula is C11H12Br2O4. The highest BCUT2D eigenvalue weighted by Crippen LogP contribution is 2.35.